The molecule has 0 amide bonds. The van der Waals surface area contributed by atoms with E-state index in [1.807, 2.05) is 13.8 Å². The summed E-state index contributed by atoms with van der Waals surface area (Å²) in [4.78, 5) is 12.9. The predicted octanol–water partition coefficient (Wildman–Crippen LogP) is 4.15. The fourth-order valence-electron chi connectivity index (χ4n) is 1.89. The van der Waals surface area contributed by atoms with Gasteiger partial charge in [-0.1, -0.05) is 13.8 Å². The van der Waals surface area contributed by atoms with Gasteiger partial charge in [0.25, 0.3) is 0 Å². The zero-order chi connectivity index (χ0) is 14.2. The smallest absolute Gasteiger partial charge is 0.350 e. The minimum atomic E-state index is -0.437. The molecule has 0 atom stereocenters. The molecule has 19 heavy (non-hydrogen) atoms. The van der Waals surface area contributed by atoms with E-state index in [-0.39, 0.29) is 5.92 Å². The third kappa shape index (κ3) is 2.48. The van der Waals surface area contributed by atoms with Crippen molar-refractivity contribution in [1.29, 1.82) is 0 Å². The van der Waals surface area contributed by atoms with E-state index in [0.29, 0.717) is 21.5 Å². The van der Waals surface area contributed by atoms with Gasteiger partial charge < -0.3 is 14.9 Å². The highest BCUT2D eigenvalue weighted by atomic mass is 35.5. The molecule has 4 nitrogen and oxygen atoms in total. The second kappa shape index (κ2) is 5.27. The number of carbonyl (C=O) groups is 1. The number of nitrogen functional groups attached to an aromatic ring is 1. The van der Waals surface area contributed by atoms with Gasteiger partial charge in [0.2, 0.25) is 0 Å². The first-order valence-corrected chi connectivity index (χ1v) is 6.91. The molecule has 0 saturated heterocycles. The Morgan fingerprint density at radius 2 is 2.16 bits per heavy atom. The second-order valence-corrected chi connectivity index (χ2v) is 5.73. The van der Waals surface area contributed by atoms with E-state index in [1.165, 1.54) is 18.4 Å². The highest BCUT2D eigenvalue weighted by molar-refractivity contribution is 7.18. The maximum absolute atomic E-state index is 11.7. The molecule has 2 heterocycles. The standard InChI is InChI=1S/C13H14ClNO3S/c1-6(2)9-10(15)12(13(16)17-3)19-11(9)7-4-5-8(14)18-7/h4-6H,15H2,1-3H3. The molecule has 2 aromatic heterocycles. The van der Waals surface area contributed by atoms with E-state index >= 15 is 0 Å². The molecule has 0 aliphatic heterocycles. The normalized spacial score (nSPS) is 11.0. The van der Waals surface area contributed by atoms with Crippen molar-refractivity contribution in [1.82, 2.24) is 0 Å². The number of nitrogens with two attached hydrogens (primary N) is 1. The van der Waals surface area contributed by atoms with Crippen LogP contribution in [-0.4, -0.2) is 13.1 Å². The molecule has 0 aromatic carbocycles. The van der Waals surface area contributed by atoms with E-state index in [2.05, 4.69) is 0 Å². The number of rotatable bonds is 3. The summed E-state index contributed by atoms with van der Waals surface area (Å²) < 4.78 is 10.2. The molecule has 6 heteroatoms. The van der Waals surface area contributed by atoms with Crippen molar-refractivity contribution in [3.05, 3.63) is 27.8 Å². The summed E-state index contributed by atoms with van der Waals surface area (Å²) in [6.07, 6.45) is 0. The summed E-state index contributed by atoms with van der Waals surface area (Å²) in [6.45, 7) is 4.01. The number of esters is 1. The van der Waals surface area contributed by atoms with Gasteiger partial charge in [0.1, 0.15) is 10.6 Å². The molecule has 0 spiro atoms. The Morgan fingerprint density at radius 1 is 1.47 bits per heavy atom. The van der Waals surface area contributed by atoms with Crippen molar-refractivity contribution in [3.63, 3.8) is 0 Å². The van der Waals surface area contributed by atoms with Crippen LogP contribution in [-0.2, 0) is 4.74 Å². The Bertz CT molecular complexity index is 615. The van der Waals surface area contributed by atoms with Crippen LogP contribution in [0.3, 0.4) is 0 Å². The first-order valence-electron chi connectivity index (χ1n) is 5.71. The van der Waals surface area contributed by atoms with Gasteiger partial charge in [-0.3, -0.25) is 0 Å². The van der Waals surface area contributed by atoms with Crippen LogP contribution in [0.5, 0.6) is 0 Å². The van der Waals surface area contributed by atoms with Gasteiger partial charge in [0.05, 0.1) is 17.7 Å². The predicted molar refractivity (Wildman–Crippen MR) is 76.9 cm³/mol. The van der Waals surface area contributed by atoms with Crippen molar-refractivity contribution in [2.75, 3.05) is 12.8 Å². The molecule has 0 radical (unpaired) electrons. The minimum absolute atomic E-state index is 0.161. The van der Waals surface area contributed by atoms with Crippen molar-refractivity contribution in [3.8, 4) is 10.6 Å². The molecule has 0 unspecified atom stereocenters. The molecule has 0 aliphatic rings. The van der Waals surface area contributed by atoms with Gasteiger partial charge in [-0.25, -0.2) is 4.79 Å². The summed E-state index contributed by atoms with van der Waals surface area (Å²) in [5.41, 5.74) is 7.40. The third-order valence-electron chi connectivity index (χ3n) is 2.73. The Morgan fingerprint density at radius 3 is 2.63 bits per heavy atom. The van der Waals surface area contributed by atoms with Crippen molar-refractivity contribution < 1.29 is 13.9 Å². The third-order valence-corrected chi connectivity index (χ3v) is 4.15. The lowest BCUT2D eigenvalue weighted by Crippen LogP contribution is -2.03. The van der Waals surface area contributed by atoms with Crippen molar-refractivity contribution in [2.45, 2.75) is 19.8 Å². The van der Waals surface area contributed by atoms with Crippen molar-refractivity contribution in [2.24, 2.45) is 0 Å². The number of anilines is 1. The molecule has 0 aliphatic carbocycles. The maximum atomic E-state index is 11.7. The lowest BCUT2D eigenvalue weighted by atomic mass is 10.0. The number of ether oxygens (including phenoxy) is 1. The molecule has 102 valence electrons. The molecule has 2 aromatic rings. The number of thiophene rings is 1. The Balaban J connectivity index is 2.63. The molecule has 2 rings (SSSR count). The number of carbonyl (C=O) groups excluding carboxylic acids is 1. The zero-order valence-electron chi connectivity index (χ0n) is 10.8. The van der Waals surface area contributed by atoms with Crippen LogP contribution in [0.25, 0.3) is 10.6 Å². The van der Waals surface area contributed by atoms with E-state index in [4.69, 9.17) is 26.5 Å². The fraction of sp³-hybridized carbons (Fsp3) is 0.308. The van der Waals surface area contributed by atoms with Crippen LogP contribution in [0.1, 0.15) is 35.0 Å². The van der Waals surface area contributed by atoms with Crippen LogP contribution in [0.4, 0.5) is 5.69 Å². The van der Waals surface area contributed by atoms with Crippen LogP contribution in [0, 0.1) is 0 Å². The van der Waals surface area contributed by atoms with Gasteiger partial charge >= 0.3 is 5.97 Å². The van der Waals surface area contributed by atoms with Crippen molar-refractivity contribution >= 4 is 34.6 Å². The van der Waals surface area contributed by atoms with Gasteiger partial charge in [-0.05, 0) is 29.7 Å². The lowest BCUT2D eigenvalue weighted by molar-refractivity contribution is 0.0607. The first kappa shape index (κ1) is 14.0. The van der Waals surface area contributed by atoms with Gasteiger partial charge in [-0.2, -0.15) is 0 Å². The van der Waals surface area contributed by atoms with Crippen LogP contribution in [0.15, 0.2) is 16.5 Å². The van der Waals surface area contributed by atoms with E-state index in [9.17, 15) is 4.79 Å². The number of furan rings is 1. The molecule has 0 saturated carbocycles. The monoisotopic (exact) mass is 299 g/mol. The Kier molecular flexibility index (Phi) is 3.87. The zero-order valence-corrected chi connectivity index (χ0v) is 12.4. The number of hydrogen-bond donors (Lipinski definition) is 1. The second-order valence-electron chi connectivity index (χ2n) is 4.34. The van der Waals surface area contributed by atoms with Crippen LogP contribution >= 0.6 is 22.9 Å². The number of halogens is 1. The van der Waals surface area contributed by atoms with Crippen LogP contribution < -0.4 is 5.73 Å². The summed E-state index contributed by atoms with van der Waals surface area (Å²) in [5, 5.41) is 0.302. The van der Waals surface area contributed by atoms with Gasteiger partial charge in [0.15, 0.2) is 5.22 Å². The molecule has 2 N–H and O–H groups in total. The highest BCUT2D eigenvalue weighted by Crippen LogP contribution is 2.43. The number of methoxy groups -OCH3 is 1. The summed E-state index contributed by atoms with van der Waals surface area (Å²) in [5.74, 6) is 0.336. The topological polar surface area (TPSA) is 65.5 Å². The molecule has 0 bridgehead atoms. The molecular weight excluding hydrogens is 286 g/mol. The summed E-state index contributed by atoms with van der Waals surface area (Å²) >= 11 is 7.06. The summed E-state index contributed by atoms with van der Waals surface area (Å²) in [6, 6.07) is 3.43. The first-order chi connectivity index (χ1) is 8.95. The quantitative estimate of drug-likeness (QED) is 0.864. The minimum Gasteiger partial charge on any atom is -0.465 e. The Hall–Kier alpha value is -1.46. The van der Waals surface area contributed by atoms with Gasteiger partial charge in [-0.15, -0.1) is 11.3 Å². The van der Waals surface area contributed by atoms with E-state index in [1.54, 1.807) is 12.1 Å². The lowest BCUT2D eigenvalue weighted by Gasteiger charge is -2.07. The largest absolute Gasteiger partial charge is 0.465 e. The molecular formula is C13H14ClNO3S. The number of hydrogen-bond acceptors (Lipinski definition) is 5. The average molecular weight is 300 g/mol. The highest BCUT2D eigenvalue weighted by Gasteiger charge is 2.25. The average Bonchev–Trinajstić information content (AvgIpc) is 2.92. The van der Waals surface area contributed by atoms with Gasteiger partial charge in [0, 0.05) is 5.56 Å². The SMILES string of the molecule is COC(=O)c1sc(-c2ccc(Cl)o2)c(C(C)C)c1N. The molecule has 0 fully saturated rings. The fourth-order valence-corrected chi connectivity index (χ4v) is 3.30. The Labute approximate surface area is 120 Å². The van der Waals surface area contributed by atoms with Crippen LogP contribution in [0.2, 0.25) is 5.22 Å². The maximum Gasteiger partial charge on any atom is 0.350 e. The van der Waals surface area contributed by atoms with E-state index in [0.717, 1.165) is 10.4 Å². The summed E-state index contributed by atoms with van der Waals surface area (Å²) in [7, 11) is 1.33. The van der Waals surface area contributed by atoms with E-state index < -0.39 is 5.97 Å².